The maximum absolute atomic E-state index is 13.4. The van der Waals surface area contributed by atoms with Crippen LogP contribution in [0.3, 0.4) is 0 Å². The summed E-state index contributed by atoms with van der Waals surface area (Å²) in [6, 6.07) is 36.8. The predicted octanol–water partition coefficient (Wildman–Crippen LogP) is 6.75. The van der Waals surface area contributed by atoms with Crippen molar-refractivity contribution in [3.63, 3.8) is 0 Å². The predicted molar refractivity (Wildman–Crippen MR) is 138 cm³/mol. The fourth-order valence-corrected chi connectivity index (χ4v) is 3.64. The van der Waals surface area contributed by atoms with Gasteiger partial charge >= 0.3 is 0 Å². The van der Waals surface area contributed by atoms with E-state index in [0.717, 1.165) is 16.7 Å². The second-order valence-corrected chi connectivity index (χ2v) is 7.68. The number of hydrogen-bond donors (Lipinski definition) is 2. The number of rotatable bonds is 6. The SMILES string of the molecule is O=C(Nc1ccccc1N=Cc1ccccc1)c1[nH]c(-c2ccccc2)nc1-c1ccccc1. The van der Waals surface area contributed by atoms with E-state index in [-0.39, 0.29) is 5.91 Å². The number of amides is 1. The average Bonchev–Trinajstić information content (AvgIpc) is 3.36. The lowest BCUT2D eigenvalue weighted by Gasteiger charge is -2.08. The Kier molecular flexibility index (Phi) is 6.08. The van der Waals surface area contributed by atoms with Crippen LogP contribution in [0, 0.1) is 0 Å². The maximum atomic E-state index is 13.4. The average molecular weight is 443 g/mol. The summed E-state index contributed by atoms with van der Waals surface area (Å²) in [5.41, 5.74) is 5.04. The van der Waals surface area contributed by atoms with Crippen molar-refractivity contribution < 1.29 is 4.79 Å². The van der Waals surface area contributed by atoms with Crippen LogP contribution in [0.25, 0.3) is 22.6 Å². The molecule has 1 amide bonds. The van der Waals surface area contributed by atoms with Crippen LogP contribution in [0.4, 0.5) is 11.4 Å². The Morgan fingerprint density at radius 1 is 0.735 bits per heavy atom. The molecule has 0 bridgehead atoms. The van der Waals surface area contributed by atoms with Gasteiger partial charge in [-0.15, -0.1) is 0 Å². The number of benzene rings is 4. The molecule has 5 aromatic rings. The number of anilines is 1. The minimum absolute atomic E-state index is 0.282. The van der Waals surface area contributed by atoms with Gasteiger partial charge in [-0.3, -0.25) is 9.79 Å². The van der Waals surface area contributed by atoms with E-state index in [0.29, 0.717) is 28.6 Å². The zero-order valence-corrected chi connectivity index (χ0v) is 18.3. The molecule has 0 atom stereocenters. The highest BCUT2D eigenvalue weighted by Crippen LogP contribution is 2.29. The maximum Gasteiger partial charge on any atom is 0.274 e. The van der Waals surface area contributed by atoms with E-state index in [1.807, 2.05) is 115 Å². The molecule has 1 aromatic heterocycles. The van der Waals surface area contributed by atoms with Gasteiger partial charge in [0.2, 0.25) is 0 Å². The first kappa shape index (κ1) is 21.1. The Hall–Kier alpha value is -4.77. The molecule has 5 nitrogen and oxygen atoms in total. The summed E-state index contributed by atoms with van der Waals surface area (Å²) in [6.07, 6.45) is 1.78. The van der Waals surface area contributed by atoms with Crippen molar-refractivity contribution in [3.05, 3.63) is 127 Å². The third kappa shape index (κ3) is 4.69. The molecule has 164 valence electrons. The Morgan fingerprint density at radius 3 is 2.03 bits per heavy atom. The van der Waals surface area contributed by atoms with E-state index in [2.05, 4.69) is 15.3 Å². The van der Waals surface area contributed by atoms with Gasteiger partial charge in [0.1, 0.15) is 17.2 Å². The van der Waals surface area contributed by atoms with Crippen LogP contribution >= 0.6 is 0 Å². The van der Waals surface area contributed by atoms with Gasteiger partial charge in [0, 0.05) is 17.3 Å². The Labute approximate surface area is 197 Å². The van der Waals surface area contributed by atoms with Gasteiger partial charge in [0.05, 0.1) is 11.4 Å². The lowest BCUT2D eigenvalue weighted by molar-refractivity contribution is 0.102. The molecule has 0 radical (unpaired) electrons. The summed E-state index contributed by atoms with van der Waals surface area (Å²) in [6.45, 7) is 0. The number of nitrogens with one attached hydrogen (secondary N) is 2. The molecule has 0 saturated heterocycles. The summed E-state index contributed by atoms with van der Waals surface area (Å²) in [7, 11) is 0. The van der Waals surface area contributed by atoms with E-state index in [1.165, 1.54) is 0 Å². The number of hydrogen-bond acceptors (Lipinski definition) is 3. The van der Waals surface area contributed by atoms with Crippen LogP contribution in [-0.2, 0) is 0 Å². The normalized spacial score (nSPS) is 10.9. The van der Waals surface area contributed by atoms with Crippen molar-refractivity contribution in [2.75, 3.05) is 5.32 Å². The monoisotopic (exact) mass is 442 g/mol. The standard InChI is InChI=1S/C29H22N4O/c34-29(31-25-19-11-10-18-24(25)30-20-21-12-4-1-5-13-21)27-26(22-14-6-2-7-15-22)32-28(33-27)23-16-8-3-9-17-23/h1-20H,(H,31,34)(H,32,33). The van der Waals surface area contributed by atoms with Gasteiger partial charge in [-0.05, 0) is 17.7 Å². The first-order valence-corrected chi connectivity index (χ1v) is 11.0. The Bertz CT molecular complexity index is 1430. The smallest absolute Gasteiger partial charge is 0.274 e. The molecule has 0 spiro atoms. The number of aromatic amines is 1. The third-order valence-corrected chi connectivity index (χ3v) is 5.33. The van der Waals surface area contributed by atoms with E-state index in [4.69, 9.17) is 4.98 Å². The van der Waals surface area contributed by atoms with Crippen LogP contribution in [0.1, 0.15) is 16.1 Å². The number of nitrogens with zero attached hydrogens (tertiary/aromatic N) is 2. The summed E-state index contributed by atoms with van der Waals surface area (Å²) < 4.78 is 0. The highest BCUT2D eigenvalue weighted by atomic mass is 16.1. The molecule has 5 rings (SSSR count). The molecule has 0 aliphatic rings. The van der Waals surface area contributed by atoms with Gasteiger partial charge in [-0.1, -0.05) is 103 Å². The largest absolute Gasteiger partial charge is 0.333 e. The van der Waals surface area contributed by atoms with E-state index >= 15 is 0 Å². The number of para-hydroxylation sites is 2. The fraction of sp³-hybridized carbons (Fsp3) is 0. The van der Waals surface area contributed by atoms with Crippen LogP contribution in [0.15, 0.2) is 120 Å². The molecule has 0 unspecified atom stereocenters. The van der Waals surface area contributed by atoms with Crippen molar-refractivity contribution in [1.82, 2.24) is 9.97 Å². The molecule has 34 heavy (non-hydrogen) atoms. The van der Waals surface area contributed by atoms with Crippen LogP contribution < -0.4 is 5.32 Å². The number of imidazole rings is 1. The fourth-order valence-electron chi connectivity index (χ4n) is 3.64. The zero-order valence-electron chi connectivity index (χ0n) is 18.3. The molecule has 2 N–H and O–H groups in total. The van der Waals surface area contributed by atoms with Crippen molar-refractivity contribution in [2.45, 2.75) is 0 Å². The van der Waals surface area contributed by atoms with Crippen molar-refractivity contribution >= 4 is 23.5 Å². The second-order valence-electron chi connectivity index (χ2n) is 7.68. The van der Waals surface area contributed by atoms with Gasteiger partial charge in [0.15, 0.2) is 0 Å². The third-order valence-electron chi connectivity index (χ3n) is 5.33. The number of carbonyl (C=O) groups excluding carboxylic acids is 1. The molecule has 1 heterocycles. The highest BCUT2D eigenvalue weighted by Gasteiger charge is 2.20. The van der Waals surface area contributed by atoms with Crippen molar-refractivity contribution in [1.29, 1.82) is 0 Å². The molecule has 4 aromatic carbocycles. The van der Waals surface area contributed by atoms with Crippen LogP contribution in [0.5, 0.6) is 0 Å². The number of carbonyl (C=O) groups is 1. The molecule has 0 fully saturated rings. The van der Waals surface area contributed by atoms with Crippen LogP contribution in [0.2, 0.25) is 0 Å². The first-order chi connectivity index (χ1) is 16.8. The zero-order chi connectivity index (χ0) is 23.2. The number of aliphatic imine (C=N–C) groups is 1. The number of H-pyrrole nitrogens is 1. The Morgan fingerprint density at radius 2 is 1.32 bits per heavy atom. The summed E-state index contributed by atoms with van der Waals surface area (Å²) in [5, 5.41) is 3.01. The summed E-state index contributed by atoms with van der Waals surface area (Å²) in [4.78, 5) is 26.0. The minimum Gasteiger partial charge on any atom is -0.333 e. The lowest BCUT2D eigenvalue weighted by atomic mass is 10.1. The minimum atomic E-state index is -0.282. The molecule has 0 aliphatic carbocycles. The lowest BCUT2D eigenvalue weighted by Crippen LogP contribution is -2.13. The molecule has 0 saturated carbocycles. The van der Waals surface area contributed by atoms with E-state index in [9.17, 15) is 4.79 Å². The van der Waals surface area contributed by atoms with Crippen molar-refractivity contribution in [2.24, 2.45) is 4.99 Å². The molecular weight excluding hydrogens is 420 g/mol. The van der Waals surface area contributed by atoms with Gasteiger partial charge in [0.25, 0.3) is 5.91 Å². The Balaban J connectivity index is 1.49. The summed E-state index contributed by atoms with van der Waals surface area (Å²) >= 11 is 0. The second kappa shape index (κ2) is 9.79. The highest BCUT2D eigenvalue weighted by molar-refractivity contribution is 6.08. The quantitative estimate of drug-likeness (QED) is 0.286. The summed E-state index contributed by atoms with van der Waals surface area (Å²) in [5.74, 6) is 0.357. The van der Waals surface area contributed by atoms with Gasteiger partial charge in [-0.25, -0.2) is 4.98 Å². The first-order valence-electron chi connectivity index (χ1n) is 11.0. The topological polar surface area (TPSA) is 70.1 Å². The van der Waals surface area contributed by atoms with E-state index < -0.39 is 0 Å². The van der Waals surface area contributed by atoms with Crippen LogP contribution in [-0.4, -0.2) is 22.1 Å². The van der Waals surface area contributed by atoms with Crippen molar-refractivity contribution in [3.8, 4) is 22.6 Å². The molecule has 5 heteroatoms. The van der Waals surface area contributed by atoms with Gasteiger partial charge < -0.3 is 10.3 Å². The molecular formula is C29H22N4O. The van der Waals surface area contributed by atoms with E-state index in [1.54, 1.807) is 6.21 Å². The van der Waals surface area contributed by atoms with Gasteiger partial charge in [-0.2, -0.15) is 0 Å². The number of aromatic nitrogens is 2. The molecule has 0 aliphatic heterocycles.